The van der Waals surface area contributed by atoms with Crippen molar-refractivity contribution >= 4 is 34.6 Å². The molecule has 0 atom stereocenters. The number of urea groups is 1. The van der Waals surface area contributed by atoms with E-state index in [2.05, 4.69) is 20.9 Å². The Labute approximate surface area is 179 Å². The predicted octanol–water partition coefficient (Wildman–Crippen LogP) is 4.99. The Morgan fingerprint density at radius 1 is 1.07 bits per heavy atom. The number of nitrogens with zero attached hydrogens (tertiary/aromatic N) is 1. The lowest BCUT2D eigenvalue weighted by molar-refractivity contribution is 0.102. The molecular formula is C22H24N4O3S. The highest BCUT2D eigenvalue weighted by molar-refractivity contribution is 7.13. The molecule has 3 N–H and O–H groups in total. The molecule has 1 heterocycles. The first-order valence-corrected chi connectivity index (χ1v) is 10.5. The van der Waals surface area contributed by atoms with E-state index in [1.54, 1.807) is 29.6 Å². The number of amides is 3. The fourth-order valence-electron chi connectivity index (χ4n) is 2.66. The summed E-state index contributed by atoms with van der Waals surface area (Å²) in [6, 6.07) is 14.3. The highest BCUT2D eigenvalue weighted by atomic mass is 32.1. The van der Waals surface area contributed by atoms with Crippen LogP contribution in [0.3, 0.4) is 0 Å². The normalized spacial score (nSPS) is 10.5. The summed E-state index contributed by atoms with van der Waals surface area (Å²) < 4.78 is 5.65. The Balaban J connectivity index is 1.66. The molecule has 0 spiro atoms. The molecule has 0 aliphatic rings. The van der Waals surface area contributed by atoms with Gasteiger partial charge in [0, 0.05) is 28.9 Å². The number of aromatic nitrogens is 1. The zero-order chi connectivity index (χ0) is 21.5. The summed E-state index contributed by atoms with van der Waals surface area (Å²) in [4.78, 5) is 28.7. The van der Waals surface area contributed by atoms with Crippen LogP contribution in [0.5, 0.6) is 5.75 Å². The number of ether oxygens (including phenoxy) is 1. The third kappa shape index (κ3) is 5.81. The van der Waals surface area contributed by atoms with E-state index in [4.69, 9.17) is 4.74 Å². The summed E-state index contributed by atoms with van der Waals surface area (Å²) >= 11 is 1.40. The SMILES string of the molecule is CCNC(=O)Nc1cccc(NC(=O)c2csc(-c3ccc(OC(C)C)cc3)n2)c1. The van der Waals surface area contributed by atoms with Gasteiger partial charge in [0.25, 0.3) is 5.91 Å². The molecular weight excluding hydrogens is 400 g/mol. The lowest BCUT2D eigenvalue weighted by Crippen LogP contribution is -2.28. The Morgan fingerprint density at radius 3 is 2.43 bits per heavy atom. The number of thiazole rings is 1. The van der Waals surface area contributed by atoms with Crippen LogP contribution in [-0.2, 0) is 0 Å². The number of benzene rings is 2. The van der Waals surface area contributed by atoms with Gasteiger partial charge in [0.2, 0.25) is 0 Å². The molecule has 0 fully saturated rings. The second-order valence-electron chi connectivity index (χ2n) is 6.75. The maximum Gasteiger partial charge on any atom is 0.319 e. The van der Waals surface area contributed by atoms with E-state index < -0.39 is 0 Å². The summed E-state index contributed by atoms with van der Waals surface area (Å²) in [5.41, 5.74) is 2.41. The third-order valence-corrected chi connectivity index (χ3v) is 4.82. The molecule has 0 radical (unpaired) electrons. The van der Waals surface area contributed by atoms with Gasteiger partial charge in [-0.3, -0.25) is 4.79 Å². The standard InChI is InChI=1S/C22H24N4O3S/c1-4-23-22(28)25-17-7-5-6-16(12-17)24-20(27)19-13-30-21(26-19)15-8-10-18(11-9-15)29-14(2)3/h5-14H,4H2,1-3H3,(H,24,27)(H2,23,25,28). The first-order valence-electron chi connectivity index (χ1n) is 9.63. The van der Waals surface area contributed by atoms with E-state index >= 15 is 0 Å². The van der Waals surface area contributed by atoms with Crippen LogP contribution in [0, 0.1) is 0 Å². The van der Waals surface area contributed by atoms with Crippen LogP contribution in [0.1, 0.15) is 31.3 Å². The molecule has 3 aromatic rings. The van der Waals surface area contributed by atoms with Crippen molar-refractivity contribution in [3.8, 4) is 16.3 Å². The molecule has 2 aromatic carbocycles. The number of carbonyl (C=O) groups is 2. The molecule has 3 rings (SSSR count). The second kappa shape index (κ2) is 9.89. The van der Waals surface area contributed by atoms with Crippen LogP contribution in [0.25, 0.3) is 10.6 Å². The van der Waals surface area contributed by atoms with Crippen LogP contribution in [0.2, 0.25) is 0 Å². The van der Waals surface area contributed by atoms with Crippen LogP contribution in [0.15, 0.2) is 53.9 Å². The van der Waals surface area contributed by atoms with E-state index in [-0.39, 0.29) is 18.0 Å². The molecule has 156 valence electrons. The van der Waals surface area contributed by atoms with Gasteiger partial charge < -0.3 is 20.7 Å². The zero-order valence-corrected chi connectivity index (χ0v) is 17.9. The average molecular weight is 425 g/mol. The maximum atomic E-state index is 12.6. The van der Waals surface area contributed by atoms with E-state index in [9.17, 15) is 9.59 Å². The fourth-order valence-corrected chi connectivity index (χ4v) is 3.47. The molecule has 7 nitrogen and oxygen atoms in total. The molecule has 30 heavy (non-hydrogen) atoms. The molecule has 0 aliphatic heterocycles. The minimum absolute atomic E-state index is 0.112. The summed E-state index contributed by atoms with van der Waals surface area (Å²) in [7, 11) is 0. The fraction of sp³-hybridized carbons (Fsp3) is 0.227. The van der Waals surface area contributed by atoms with Crippen molar-refractivity contribution in [1.82, 2.24) is 10.3 Å². The van der Waals surface area contributed by atoms with Gasteiger partial charge in [-0.05, 0) is 63.2 Å². The van der Waals surface area contributed by atoms with Crippen molar-refractivity contribution in [3.05, 3.63) is 59.6 Å². The van der Waals surface area contributed by atoms with E-state index in [0.29, 0.717) is 23.6 Å². The number of anilines is 2. The van der Waals surface area contributed by atoms with E-state index in [1.165, 1.54) is 11.3 Å². The van der Waals surface area contributed by atoms with Crippen molar-refractivity contribution in [2.45, 2.75) is 26.9 Å². The van der Waals surface area contributed by atoms with Gasteiger partial charge in [-0.15, -0.1) is 11.3 Å². The Hall–Kier alpha value is -3.39. The molecule has 0 saturated heterocycles. The predicted molar refractivity (Wildman–Crippen MR) is 120 cm³/mol. The first-order chi connectivity index (χ1) is 14.4. The van der Waals surface area contributed by atoms with Crippen LogP contribution < -0.4 is 20.7 Å². The lowest BCUT2D eigenvalue weighted by Gasteiger charge is -2.09. The van der Waals surface area contributed by atoms with Gasteiger partial charge >= 0.3 is 6.03 Å². The minimum atomic E-state index is -0.313. The molecule has 0 unspecified atom stereocenters. The average Bonchev–Trinajstić information content (AvgIpc) is 3.19. The lowest BCUT2D eigenvalue weighted by atomic mass is 10.2. The van der Waals surface area contributed by atoms with E-state index in [1.807, 2.05) is 45.0 Å². The number of rotatable bonds is 7. The van der Waals surface area contributed by atoms with Gasteiger partial charge in [0.05, 0.1) is 6.10 Å². The Bertz CT molecular complexity index is 1020. The number of hydrogen-bond donors (Lipinski definition) is 3. The Morgan fingerprint density at radius 2 is 1.77 bits per heavy atom. The van der Waals surface area contributed by atoms with Gasteiger partial charge in [0.15, 0.2) is 0 Å². The van der Waals surface area contributed by atoms with E-state index in [0.717, 1.165) is 16.3 Å². The van der Waals surface area contributed by atoms with Gasteiger partial charge in [-0.2, -0.15) is 0 Å². The quantitative estimate of drug-likeness (QED) is 0.498. The van der Waals surface area contributed by atoms with Crippen molar-refractivity contribution in [2.75, 3.05) is 17.2 Å². The van der Waals surface area contributed by atoms with Gasteiger partial charge in [-0.1, -0.05) is 6.07 Å². The molecule has 0 saturated carbocycles. The van der Waals surface area contributed by atoms with Gasteiger partial charge in [-0.25, -0.2) is 9.78 Å². The second-order valence-corrected chi connectivity index (χ2v) is 7.61. The molecule has 8 heteroatoms. The maximum absolute atomic E-state index is 12.6. The number of nitrogens with one attached hydrogen (secondary N) is 3. The minimum Gasteiger partial charge on any atom is -0.491 e. The summed E-state index contributed by atoms with van der Waals surface area (Å²) in [5, 5.41) is 10.7. The third-order valence-electron chi connectivity index (χ3n) is 3.93. The van der Waals surface area contributed by atoms with Gasteiger partial charge in [0.1, 0.15) is 16.5 Å². The summed E-state index contributed by atoms with van der Waals surface area (Å²) in [6.45, 7) is 6.32. The smallest absolute Gasteiger partial charge is 0.319 e. The van der Waals surface area contributed by atoms with Crippen molar-refractivity contribution < 1.29 is 14.3 Å². The molecule has 3 amide bonds. The summed E-state index contributed by atoms with van der Waals surface area (Å²) in [5.74, 6) is 0.483. The van der Waals surface area contributed by atoms with Crippen molar-refractivity contribution in [1.29, 1.82) is 0 Å². The zero-order valence-electron chi connectivity index (χ0n) is 17.1. The topological polar surface area (TPSA) is 92.4 Å². The molecule has 1 aromatic heterocycles. The molecule has 0 aliphatic carbocycles. The highest BCUT2D eigenvalue weighted by Crippen LogP contribution is 2.26. The molecule has 0 bridgehead atoms. The number of hydrogen-bond acceptors (Lipinski definition) is 5. The van der Waals surface area contributed by atoms with Crippen molar-refractivity contribution in [3.63, 3.8) is 0 Å². The number of carbonyl (C=O) groups excluding carboxylic acids is 2. The van der Waals surface area contributed by atoms with Crippen LogP contribution in [0.4, 0.5) is 16.2 Å². The Kier molecular flexibility index (Phi) is 7.03. The van der Waals surface area contributed by atoms with Crippen LogP contribution >= 0.6 is 11.3 Å². The van der Waals surface area contributed by atoms with Crippen molar-refractivity contribution in [2.24, 2.45) is 0 Å². The summed E-state index contributed by atoms with van der Waals surface area (Å²) in [6.07, 6.45) is 0.112. The monoisotopic (exact) mass is 424 g/mol. The highest BCUT2D eigenvalue weighted by Gasteiger charge is 2.13. The largest absolute Gasteiger partial charge is 0.491 e. The van der Waals surface area contributed by atoms with Crippen LogP contribution in [-0.4, -0.2) is 29.6 Å². The first kappa shape index (κ1) is 21.3.